The predicted octanol–water partition coefficient (Wildman–Crippen LogP) is 14.9. The van der Waals surface area contributed by atoms with E-state index in [0.29, 0.717) is 23.4 Å². The van der Waals surface area contributed by atoms with Crippen molar-refractivity contribution in [3.63, 3.8) is 0 Å². The third kappa shape index (κ3) is 7.51. The molecule has 1 aliphatic rings. The van der Waals surface area contributed by atoms with E-state index >= 15 is 0 Å². The van der Waals surface area contributed by atoms with E-state index in [1.165, 1.54) is 59.3 Å². The van der Waals surface area contributed by atoms with Crippen LogP contribution in [0.15, 0.2) is 174 Å². The molecule has 2 aromatic heterocycles. The number of hydrogen-bond donors (Lipinski definition) is 0. The van der Waals surface area contributed by atoms with Gasteiger partial charge in [0, 0.05) is 53.2 Å². The number of nitrogens with zero attached hydrogens (tertiary/aromatic N) is 4. The fraction of sp³-hybridized carbons (Fsp3) is 0.132. The number of benzene rings is 7. The Balaban J connectivity index is 0.957. The Morgan fingerprint density at radius 3 is 1.88 bits per heavy atom. The summed E-state index contributed by atoms with van der Waals surface area (Å²) in [5, 5.41) is 2.66. The van der Waals surface area contributed by atoms with Crippen LogP contribution in [-0.2, 0) is 5.75 Å². The number of fused-ring (bicyclic) bond motifs is 3. The second-order valence-corrected chi connectivity index (χ2v) is 17.4. The molecule has 2 heterocycles. The average Bonchev–Trinajstić information content (AvgIpc) is 3.66. The molecule has 286 valence electrons. The normalized spacial score (nSPS) is 13.2. The van der Waals surface area contributed by atoms with E-state index in [0.717, 1.165) is 52.2 Å². The zero-order valence-electron chi connectivity index (χ0n) is 33.1. The molecule has 9 aromatic rings. The molecular formula is C53H42N4S2. The van der Waals surface area contributed by atoms with Crippen LogP contribution in [0.4, 0.5) is 5.69 Å². The highest BCUT2D eigenvalue weighted by molar-refractivity contribution is 7.98. The molecule has 6 heteroatoms. The second kappa shape index (κ2) is 16.2. The monoisotopic (exact) mass is 798 g/mol. The molecule has 0 atom stereocenters. The van der Waals surface area contributed by atoms with Crippen molar-refractivity contribution in [1.29, 1.82) is 0 Å². The first-order chi connectivity index (χ1) is 29.1. The minimum absolute atomic E-state index is 0.469. The van der Waals surface area contributed by atoms with E-state index in [1.807, 2.05) is 59.5 Å². The van der Waals surface area contributed by atoms with Crippen LogP contribution in [0.5, 0.6) is 0 Å². The standard InChI is InChI=1S/C53H42N4S2/c1-34-14-9-10-25-48(34)58-33-42-21-12-23-44-45-24-13-22-43(50(45)59-49(42)44)38-28-26-36(27-29-38)35(2)54-47-31-30-41(32-46(47)37-19-11-20-37)53-56-51(39-15-5-3-6-16-39)55-52(57-53)40-17-7-4-8-18-40/h3-10,12-18,21-32,37H,11,19-20,33H2,1-2H3/b54-35+. The Bertz CT molecular complexity index is 2930. The molecule has 1 aliphatic carbocycles. The molecule has 0 aliphatic heterocycles. The summed E-state index contributed by atoms with van der Waals surface area (Å²) in [6, 6.07) is 58.0. The van der Waals surface area contributed by atoms with Gasteiger partial charge in [-0.25, -0.2) is 15.0 Å². The lowest BCUT2D eigenvalue weighted by atomic mass is 9.79. The highest BCUT2D eigenvalue weighted by atomic mass is 32.2. The molecule has 7 aromatic carbocycles. The predicted molar refractivity (Wildman–Crippen MR) is 250 cm³/mol. The van der Waals surface area contributed by atoms with Gasteiger partial charge in [-0.2, -0.15) is 0 Å². The summed E-state index contributed by atoms with van der Waals surface area (Å²) in [6.45, 7) is 4.32. The molecule has 0 N–H and O–H groups in total. The van der Waals surface area contributed by atoms with E-state index in [2.05, 4.69) is 141 Å². The molecule has 59 heavy (non-hydrogen) atoms. The number of rotatable bonds is 10. The summed E-state index contributed by atoms with van der Waals surface area (Å²) in [7, 11) is 0. The van der Waals surface area contributed by atoms with Crippen molar-refractivity contribution in [3.8, 4) is 45.3 Å². The van der Waals surface area contributed by atoms with Crippen molar-refractivity contribution in [3.05, 3.63) is 186 Å². The Kier molecular flexibility index (Phi) is 10.2. The van der Waals surface area contributed by atoms with Crippen molar-refractivity contribution in [2.24, 2.45) is 4.99 Å². The third-order valence-corrected chi connectivity index (χ3v) is 14.1. The summed E-state index contributed by atoms with van der Waals surface area (Å²) in [6.07, 6.45) is 3.57. The first-order valence-electron chi connectivity index (χ1n) is 20.3. The Labute approximate surface area is 353 Å². The smallest absolute Gasteiger partial charge is 0.164 e. The van der Waals surface area contributed by atoms with Crippen molar-refractivity contribution in [2.75, 3.05) is 0 Å². The van der Waals surface area contributed by atoms with E-state index in [1.54, 1.807) is 0 Å². The second-order valence-electron chi connectivity index (χ2n) is 15.3. The summed E-state index contributed by atoms with van der Waals surface area (Å²) in [5.74, 6) is 3.43. The first-order valence-corrected chi connectivity index (χ1v) is 22.1. The van der Waals surface area contributed by atoms with Crippen LogP contribution >= 0.6 is 23.1 Å². The van der Waals surface area contributed by atoms with Crippen molar-refractivity contribution in [2.45, 2.75) is 49.7 Å². The van der Waals surface area contributed by atoms with E-state index in [9.17, 15) is 0 Å². The fourth-order valence-electron chi connectivity index (χ4n) is 8.01. The molecule has 0 saturated heterocycles. The molecule has 4 nitrogen and oxygen atoms in total. The number of aryl methyl sites for hydroxylation is 1. The topological polar surface area (TPSA) is 51.0 Å². The summed E-state index contributed by atoms with van der Waals surface area (Å²) in [5.41, 5.74) is 12.5. The van der Waals surface area contributed by atoms with Crippen LogP contribution in [0.25, 0.3) is 65.5 Å². The molecule has 1 saturated carbocycles. The molecule has 0 radical (unpaired) electrons. The average molecular weight is 799 g/mol. The summed E-state index contributed by atoms with van der Waals surface area (Å²) in [4.78, 5) is 21.6. The first kappa shape index (κ1) is 37.1. The maximum atomic E-state index is 5.30. The molecule has 10 rings (SSSR count). The zero-order valence-corrected chi connectivity index (χ0v) is 34.7. The maximum Gasteiger partial charge on any atom is 0.164 e. The van der Waals surface area contributed by atoms with Crippen LogP contribution < -0.4 is 0 Å². The fourth-order valence-corrected chi connectivity index (χ4v) is 10.5. The molecule has 1 fully saturated rings. The number of aromatic nitrogens is 3. The maximum absolute atomic E-state index is 5.30. The van der Waals surface area contributed by atoms with E-state index in [4.69, 9.17) is 19.9 Å². The summed E-state index contributed by atoms with van der Waals surface area (Å²) < 4.78 is 2.72. The number of aliphatic imine (C=N–C) groups is 1. The van der Waals surface area contributed by atoms with E-state index < -0.39 is 0 Å². The minimum Gasteiger partial charge on any atom is -0.253 e. The Morgan fingerprint density at radius 1 is 0.610 bits per heavy atom. The van der Waals surface area contributed by atoms with Gasteiger partial charge in [-0.15, -0.1) is 23.1 Å². The zero-order chi connectivity index (χ0) is 39.7. The highest BCUT2D eigenvalue weighted by Gasteiger charge is 2.24. The van der Waals surface area contributed by atoms with Crippen molar-refractivity contribution < 1.29 is 0 Å². The third-order valence-electron chi connectivity index (χ3n) is 11.5. The SMILES string of the molecule is C/C(=N\c1ccc(-c2nc(-c3ccccc3)nc(-c3ccccc3)n2)cc1C1CCC1)c1ccc(-c2cccc3c2sc2c(CSc4ccccc4C)cccc23)cc1. The van der Waals surface area contributed by atoms with Crippen LogP contribution in [-0.4, -0.2) is 20.7 Å². The van der Waals surface area contributed by atoms with Crippen LogP contribution in [0.1, 0.15) is 54.4 Å². The van der Waals surface area contributed by atoms with Crippen LogP contribution in [0.2, 0.25) is 0 Å². The van der Waals surface area contributed by atoms with Crippen molar-refractivity contribution >= 4 is 54.7 Å². The lowest BCUT2D eigenvalue weighted by molar-refractivity contribution is 0.420. The van der Waals surface area contributed by atoms with Gasteiger partial charge in [0.1, 0.15) is 0 Å². The van der Waals surface area contributed by atoms with Gasteiger partial charge in [-0.05, 0) is 90.3 Å². The van der Waals surface area contributed by atoms with Gasteiger partial charge in [0.2, 0.25) is 0 Å². The molecule has 0 amide bonds. The molecule has 0 spiro atoms. The van der Waals surface area contributed by atoms with Crippen LogP contribution in [0.3, 0.4) is 0 Å². The van der Waals surface area contributed by atoms with Gasteiger partial charge >= 0.3 is 0 Å². The van der Waals surface area contributed by atoms with Crippen molar-refractivity contribution in [1.82, 2.24) is 15.0 Å². The number of thioether (sulfide) groups is 1. The van der Waals surface area contributed by atoms with Crippen LogP contribution in [0, 0.1) is 6.92 Å². The van der Waals surface area contributed by atoms with Gasteiger partial charge in [0.15, 0.2) is 17.5 Å². The molecule has 0 unspecified atom stereocenters. The lowest BCUT2D eigenvalue weighted by Crippen LogP contribution is -2.10. The largest absolute Gasteiger partial charge is 0.253 e. The Morgan fingerprint density at radius 2 is 1.22 bits per heavy atom. The number of thiophene rings is 1. The highest BCUT2D eigenvalue weighted by Crippen LogP contribution is 2.44. The summed E-state index contributed by atoms with van der Waals surface area (Å²) >= 11 is 3.85. The quantitative estimate of drug-likeness (QED) is 0.102. The number of hydrogen-bond acceptors (Lipinski definition) is 6. The van der Waals surface area contributed by atoms with Gasteiger partial charge in [-0.3, -0.25) is 4.99 Å². The van der Waals surface area contributed by atoms with Gasteiger partial charge < -0.3 is 0 Å². The Hall–Kier alpha value is -6.21. The van der Waals surface area contributed by atoms with Gasteiger partial charge in [0.25, 0.3) is 0 Å². The molecular weight excluding hydrogens is 757 g/mol. The lowest BCUT2D eigenvalue weighted by Gasteiger charge is -2.27. The minimum atomic E-state index is 0.469. The van der Waals surface area contributed by atoms with E-state index in [-0.39, 0.29) is 0 Å². The van der Waals surface area contributed by atoms with Gasteiger partial charge in [-0.1, -0.05) is 146 Å². The van der Waals surface area contributed by atoms with Gasteiger partial charge in [0.05, 0.1) is 5.69 Å². The molecule has 0 bridgehead atoms.